The van der Waals surface area contributed by atoms with Gasteiger partial charge in [0.15, 0.2) is 11.5 Å². The minimum absolute atomic E-state index is 0.0278. The highest BCUT2D eigenvalue weighted by atomic mass is 35.5. The van der Waals surface area contributed by atoms with Gasteiger partial charge in [-0.3, -0.25) is 4.79 Å². The Labute approximate surface area is 196 Å². The van der Waals surface area contributed by atoms with Gasteiger partial charge in [0.2, 0.25) is 0 Å². The maximum Gasteiger partial charge on any atom is 0.251 e. The fourth-order valence-electron chi connectivity index (χ4n) is 3.26. The number of halogens is 2. The number of aromatic hydroxyl groups is 1. The zero-order valence-corrected chi connectivity index (χ0v) is 19.2. The lowest BCUT2D eigenvalue weighted by molar-refractivity contribution is 0.0944. The molecule has 0 aliphatic rings. The standard InChI is InChI=1S/C24H25ClFN3O4/c1-24(12-27,13-28-23(31)15-5-7-18(30)20(11-15)33-3)21-9-8-19(32-2)22(29-21)14-4-6-17(26)16(25)10-14/h4-11,30H,12-13,27H2,1-3H3,(H,28,31). The van der Waals surface area contributed by atoms with E-state index in [-0.39, 0.29) is 35.5 Å². The van der Waals surface area contributed by atoms with Gasteiger partial charge in [-0.15, -0.1) is 0 Å². The Balaban J connectivity index is 1.89. The number of carbonyl (C=O) groups is 1. The molecule has 0 fully saturated rings. The highest BCUT2D eigenvalue weighted by Gasteiger charge is 2.29. The zero-order valence-electron chi connectivity index (χ0n) is 18.5. The van der Waals surface area contributed by atoms with Gasteiger partial charge in [0.1, 0.15) is 17.3 Å². The van der Waals surface area contributed by atoms with Gasteiger partial charge in [-0.1, -0.05) is 18.5 Å². The molecule has 0 radical (unpaired) electrons. The normalized spacial score (nSPS) is 12.7. The number of hydrogen-bond acceptors (Lipinski definition) is 6. The van der Waals surface area contributed by atoms with E-state index < -0.39 is 11.2 Å². The molecule has 3 rings (SSSR count). The number of rotatable bonds is 8. The fourth-order valence-corrected chi connectivity index (χ4v) is 3.44. The van der Waals surface area contributed by atoms with Crippen LogP contribution in [0.2, 0.25) is 5.02 Å². The monoisotopic (exact) mass is 473 g/mol. The van der Waals surface area contributed by atoms with Gasteiger partial charge in [0.05, 0.1) is 24.9 Å². The van der Waals surface area contributed by atoms with E-state index in [2.05, 4.69) is 5.32 Å². The second-order valence-corrected chi connectivity index (χ2v) is 8.12. The van der Waals surface area contributed by atoms with Crippen molar-refractivity contribution in [1.29, 1.82) is 0 Å². The van der Waals surface area contributed by atoms with Crippen LogP contribution in [0.4, 0.5) is 4.39 Å². The average Bonchev–Trinajstić information content (AvgIpc) is 2.83. The molecule has 7 nitrogen and oxygen atoms in total. The van der Waals surface area contributed by atoms with Crippen molar-refractivity contribution in [3.63, 3.8) is 0 Å². The summed E-state index contributed by atoms with van der Waals surface area (Å²) in [5.41, 5.74) is 7.37. The van der Waals surface area contributed by atoms with Gasteiger partial charge in [0.25, 0.3) is 5.91 Å². The second kappa shape index (κ2) is 10.1. The summed E-state index contributed by atoms with van der Waals surface area (Å²) < 4.78 is 24.1. The van der Waals surface area contributed by atoms with Crippen LogP contribution in [-0.2, 0) is 5.41 Å². The molecule has 0 aliphatic heterocycles. The van der Waals surface area contributed by atoms with Crippen LogP contribution in [0.1, 0.15) is 23.0 Å². The molecule has 4 N–H and O–H groups in total. The van der Waals surface area contributed by atoms with E-state index in [0.29, 0.717) is 28.3 Å². The number of nitrogens with zero attached hydrogens (tertiary/aromatic N) is 1. The summed E-state index contributed by atoms with van der Waals surface area (Å²) in [5.74, 6) is -0.260. The number of nitrogens with one attached hydrogen (secondary N) is 1. The molecule has 174 valence electrons. The van der Waals surface area contributed by atoms with E-state index in [1.165, 1.54) is 44.6 Å². The smallest absolute Gasteiger partial charge is 0.251 e. The van der Waals surface area contributed by atoms with Gasteiger partial charge in [-0.25, -0.2) is 9.37 Å². The number of ether oxygens (including phenoxy) is 2. The third kappa shape index (κ3) is 5.18. The summed E-state index contributed by atoms with van der Waals surface area (Å²) in [5, 5.41) is 12.6. The molecule has 0 bridgehead atoms. The van der Waals surface area contributed by atoms with Gasteiger partial charge < -0.3 is 25.6 Å². The van der Waals surface area contributed by atoms with Crippen LogP contribution in [0.25, 0.3) is 11.3 Å². The number of aromatic nitrogens is 1. The molecule has 1 aromatic heterocycles. The molecule has 33 heavy (non-hydrogen) atoms. The fraction of sp³-hybridized carbons (Fsp3) is 0.250. The quantitative estimate of drug-likeness (QED) is 0.458. The molecule has 0 aliphatic carbocycles. The average molecular weight is 474 g/mol. The maximum absolute atomic E-state index is 13.6. The van der Waals surface area contributed by atoms with E-state index >= 15 is 0 Å². The highest BCUT2D eigenvalue weighted by molar-refractivity contribution is 6.31. The van der Waals surface area contributed by atoms with Crippen LogP contribution < -0.4 is 20.5 Å². The van der Waals surface area contributed by atoms with E-state index in [0.717, 1.165) is 0 Å². The topological polar surface area (TPSA) is 107 Å². The van der Waals surface area contributed by atoms with Crippen molar-refractivity contribution in [1.82, 2.24) is 10.3 Å². The molecule has 9 heteroatoms. The summed E-state index contributed by atoms with van der Waals surface area (Å²) in [4.78, 5) is 17.4. The number of hydrogen-bond donors (Lipinski definition) is 3. The van der Waals surface area contributed by atoms with Gasteiger partial charge in [-0.2, -0.15) is 0 Å². The van der Waals surface area contributed by atoms with Crippen LogP contribution in [0, 0.1) is 5.82 Å². The third-order valence-corrected chi connectivity index (χ3v) is 5.71. The number of methoxy groups -OCH3 is 2. The third-order valence-electron chi connectivity index (χ3n) is 5.42. The lowest BCUT2D eigenvalue weighted by Gasteiger charge is -2.28. The van der Waals surface area contributed by atoms with Crippen LogP contribution >= 0.6 is 11.6 Å². The number of benzene rings is 2. The molecule has 1 amide bonds. The Morgan fingerprint density at radius 2 is 1.88 bits per heavy atom. The van der Waals surface area contributed by atoms with Crippen molar-refractivity contribution in [2.45, 2.75) is 12.3 Å². The Kier molecular flexibility index (Phi) is 7.40. The first-order valence-corrected chi connectivity index (χ1v) is 10.5. The van der Waals surface area contributed by atoms with Crippen molar-refractivity contribution < 1.29 is 23.8 Å². The largest absolute Gasteiger partial charge is 0.504 e. The Morgan fingerprint density at radius 3 is 2.52 bits per heavy atom. The van der Waals surface area contributed by atoms with Crippen LogP contribution in [0.5, 0.6) is 17.2 Å². The SMILES string of the molecule is COc1cc(C(=O)NCC(C)(CN)c2ccc(OC)c(-c3ccc(F)c(Cl)c3)n2)ccc1O. The zero-order chi connectivity index (χ0) is 24.2. The van der Waals surface area contributed by atoms with Crippen molar-refractivity contribution in [3.05, 3.63) is 70.6 Å². The van der Waals surface area contributed by atoms with Crippen molar-refractivity contribution in [2.75, 3.05) is 27.3 Å². The predicted octanol–water partition coefficient (Wildman–Crippen LogP) is 3.91. The molecule has 0 spiro atoms. The molecule has 0 saturated carbocycles. The second-order valence-electron chi connectivity index (χ2n) is 7.71. The van der Waals surface area contributed by atoms with E-state index in [1.54, 1.807) is 18.2 Å². The van der Waals surface area contributed by atoms with Crippen LogP contribution in [0.15, 0.2) is 48.5 Å². The Hall–Kier alpha value is -3.36. The molecule has 3 aromatic rings. The molecule has 1 atom stereocenters. The van der Waals surface area contributed by atoms with Crippen molar-refractivity contribution >= 4 is 17.5 Å². The van der Waals surface area contributed by atoms with E-state index in [4.69, 9.17) is 31.8 Å². The highest BCUT2D eigenvalue weighted by Crippen LogP contribution is 2.33. The number of pyridine rings is 1. The Morgan fingerprint density at radius 1 is 1.15 bits per heavy atom. The first-order chi connectivity index (χ1) is 15.7. The minimum Gasteiger partial charge on any atom is -0.504 e. The molecule has 1 unspecified atom stereocenters. The minimum atomic E-state index is -0.721. The van der Waals surface area contributed by atoms with Gasteiger partial charge in [-0.05, 0) is 48.5 Å². The first kappa shape index (κ1) is 24.3. The lowest BCUT2D eigenvalue weighted by atomic mass is 9.85. The number of phenols is 1. The van der Waals surface area contributed by atoms with E-state index in [1.807, 2.05) is 6.92 Å². The predicted molar refractivity (Wildman–Crippen MR) is 125 cm³/mol. The molecular formula is C24H25ClFN3O4. The molecule has 0 saturated heterocycles. The van der Waals surface area contributed by atoms with Crippen LogP contribution in [-0.4, -0.2) is 43.3 Å². The molecular weight excluding hydrogens is 449 g/mol. The summed E-state index contributed by atoms with van der Waals surface area (Å²) in [6, 6.07) is 12.2. The molecule has 2 aromatic carbocycles. The number of nitrogens with two attached hydrogens (primary N) is 1. The summed E-state index contributed by atoms with van der Waals surface area (Å²) in [7, 11) is 2.92. The van der Waals surface area contributed by atoms with Gasteiger partial charge in [0, 0.05) is 29.6 Å². The Bertz CT molecular complexity index is 1170. The van der Waals surface area contributed by atoms with Crippen molar-refractivity contribution in [3.8, 4) is 28.5 Å². The van der Waals surface area contributed by atoms with E-state index in [9.17, 15) is 14.3 Å². The summed E-state index contributed by atoms with van der Waals surface area (Å²) in [6.45, 7) is 2.25. The maximum atomic E-state index is 13.6. The summed E-state index contributed by atoms with van der Waals surface area (Å²) in [6.07, 6.45) is 0. The molecule has 1 heterocycles. The number of amides is 1. The van der Waals surface area contributed by atoms with Gasteiger partial charge >= 0.3 is 0 Å². The lowest BCUT2D eigenvalue weighted by Crippen LogP contribution is -2.44. The van der Waals surface area contributed by atoms with Crippen molar-refractivity contribution in [2.24, 2.45) is 5.73 Å². The number of carbonyl (C=O) groups excluding carboxylic acids is 1. The number of phenolic OH excluding ortho intramolecular Hbond substituents is 1. The summed E-state index contributed by atoms with van der Waals surface area (Å²) >= 11 is 5.95. The first-order valence-electron chi connectivity index (χ1n) is 10.1. The van der Waals surface area contributed by atoms with Crippen LogP contribution in [0.3, 0.4) is 0 Å².